The molecule has 0 spiro atoms. The summed E-state index contributed by atoms with van der Waals surface area (Å²) in [6.07, 6.45) is 3.26. The summed E-state index contributed by atoms with van der Waals surface area (Å²) < 4.78 is 1.67. The second kappa shape index (κ2) is 4.59. The first-order chi connectivity index (χ1) is 7.15. The molecule has 0 bridgehead atoms. The monoisotopic (exact) mass is 203 g/mol. The molecule has 78 valence electrons. The molecule has 1 aromatic rings. The Morgan fingerprint density at radius 2 is 2.33 bits per heavy atom. The zero-order valence-corrected chi connectivity index (χ0v) is 8.86. The Hall–Kier alpha value is -1.85. The van der Waals surface area contributed by atoms with Crippen LogP contribution in [0.15, 0.2) is 12.4 Å². The number of likely N-dealkylation sites (N-methyl/N-ethyl adjacent to an activating group) is 1. The van der Waals surface area contributed by atoms with Crippen LogP contribution >= 0.6 is 0 Å². The normalized spacial score (nSPS) is 13.9. The van der Waals surface area contributed by atoms with Crippen molar-refractivity contribution >= 4 is 0 Å². The highest BCUT2D eigenvalue weighted by Gasteiger charge is 2.23. The molecule has 0 saturated heterocycles. The average molecular weight is 203 g/mol. The highest BCUT2D eigenvalue weighted by Crippen LogP contribution is 2.08. The van der Waals surface area contributed by atoms with Gasteiger partial charge >= 0.3 is 0 Å². The van der Waals surface area contributed by atoms with Gasteiger partial charge in [0.1, 0.15) is 11.6 Å². The molecule has 0 fully saturated rings. The van der Waals surface area contributed by atoms with Gasteiger partial charge in [-0.15, -0.1) is 0 Å². The van der Waals surface area contributed by atoms with Crippen molar-refractivity contribution in [2.75, 3.05) is 6.54 Å². The molecule has 1 aromatic heterocycles. The fourth-order valence-electron chi connectivity index (χ4n) is 1.41. The van der Waals surface area contributed by atoms with Crippen LogP contribution in [0.25, 0.3) is 0 Å². The molecule has 0 saturated carbocycles. The van der Waals surface area contributed by atoms with Gasteiger partial charge in [-0.3, -0.25) is 5.32 Å². The molecular formula is C10H13N5. The van der Waals surface area contributed by atoms with Gasteiger partial charge in [-0.1, -0.05) is 6.92 Å². The molecule has 15 heavy (non-hydrogen) atoms. The number of nitrogens with one attached hydrogen (secondary N) is 1. The standard InChI is InChI=1S/C10H13N5/c1-3-14-10(2,7-12)8-15-5-4-13-9(15)6-11/h4-5,14H,3,8H2,1-2H3. The van der Waals surface area contributed by atoms with Crippen LogP contribution in [0.3, 0.4) is 0 Å². The Morgan fingerprint density at radius 3 is 2.87 bits per heavy atom. The zero-order chi connectivity index (χ0) is 11.3. The quantitative estimate of drug-likeness (QED) is 0.779. The molecule has 0 aliphatic rings. The largest absolute Gasteiger partial charge is 0.320 e. The maximum atomic E-state index is 9.05. The van der Waals surface area contributed by atoms with E-state index in [9.17, 15) is 0 Å². The second-order valence-electron chi connectivity index (χ2n) is 3.46. The van der Waals surface area contributed by atoms with Crippen molar-refractivity contribution in [3.05, 3.63) is 18.2 Å². The summed E-state index contributed by atoms with van der Waals surface area (Å²) in [5.74, 6) is 0.328. The van der Waals surface area contributed by atoms with Gasteiger partial charge < -0.3 is 4.57 Å². The number of aromatic nitrogens is 2. The Labute approximate surface area is 89.0 Å². The highest BCUT2D eigenvalue weighted by molar-refractivity contribution is 5.14. The van der Waals surface area contributed by atoms with Crippen molar-refractivity contribution in [3.8, 4) is 12.1 Å². The van der Waals surface area contributed by atoms with Crippen LogP contribution in [0.4, 0.5) is 0 Å². The van der Waals surface area contributed by atoms with Gasteiger partial charge in [-0.2, -0.15) is 10.5 Å². The van der Waals surface area contributed by atoms with Crippen molar-refractivity contribution in [1.82, 2.24) is 14.9 Å². The van der Waals surface area contributed by atoms with Gasteiger partial charge in [0.05, 0.1) is 12.6 Å². The topological polar surface area (TPSA) is 77.4 Å². The summed E-state index contributed by atoms with van der Waals surface area (Å²) in [5, 5.41) is 20.9. The minimum atomic E-state index is -0.666. The van der Waals surface area contributed by atoms with Crippen LogP contribution in [-0.4, -0.2) is 21.6 Å². The van der Waals surface area contributed by atoms with Crippen LogP contribution < -0.4 is 5.32 Å². The Balaban J connectivity index is 2.86. The molecule has 1 N–H and O–H groups in total. The van der Waals surface area contributed by atoms with Gasteiger partial charge in [-0.25, -0.2) is 4.98 Å². The molecule has 1 heterocycles. The Kier molecular flexibility index (Phi) is 3.43. The molecule has 0 aromatic carbocycles. The van der Waals surface area contributed by atoms with Crippen LogP contribution in [0.5, 0.6) is 0 Å². The molecule has 1 atom stereocenters. The van der Waals surface area contributed by atoms with Crippen LogP contribution in [0.1, 0.15) is 19.7 Å². The summed E-state index contributed by atoms with van der Waals surface area (Å²) in [6, 6.07) is 4.18. The van der Waals surface area contributed by atoms with E-state index in [4.69, 9.17) is 10.5 Å². The number of nitrogens with zero attached hydrogens (tertiary/aromatic N) is 4. The van der Waals surface area contributed by atoms with Crippen molar-refractivity contribution in [2.24, 2.45) is 0 Å². The van der Waals surface area contributed by atoms with E-state index in [0.29, 0.717) is 18.9 Å². The molecule has 0 aliphatic heterocycles. The summed E-state index contributed by atoms with van der Waals surface area (Å²) in [4.78, 5) is 3.88. The first kappa shape index (κ1) is 11.2. The maximum absolute atomic E-state index is 9.05. The van der Waals surface area contributed by atoms with E-state index in [1.165, 1.54) is 0 Å². The minimum Gasteiger partial charge on any atom is -0.320 e. The van der Waals surface area contributed by atoms with Crippen LogP contribution in [0, 0.1) is 22.7 Å². The van der Waals surface area contributed by atoms with Gasteiger partial charge in [0, 0.05) is 12.4 Å². The average Bonchev–Trinajstić information content (AvgIpc) is 2.65. The van der Waals surface area contributed by atoms with E-state index in [0.717, 1.165) is 0 Å². The van der Waals surface area contributed by atoms with Gasteiger partial charge in [0.15, 0.2) is 0 Å². The lowest BCUT2D eigenvalue weighted by Gasteiger charge is -2.22. The minimum absolute atomic E-state index is 0.328. The smallest absolute Gasteiger partial charge is 0.212 e. The van der Waals surface area contributed by atoms with Crippen molar-refractivity contribution in [2.45, 2.75) is 25.9 Å². The molecule has 5 nitrogen and oxygen atoms in total. The maximum Gasteiger partial charge on any atom is 0.212 e. The SMILES string of the molecule is CCNC(C)(C#N)Cn1ccnc1C#N. The van der Waals surface area contributed by atoms with Gasteiger partial charge in [0.25, 0.3) is 0 Å². The van der Waals surface area contributed by atoms with E-state index in [-0.39, 0.29) is 0 Å². The number of imidazole rings is 1. The number of rotatable bonds is 4. The van der Waals surface area contributed by atoms with E-state index >= 15 is 0 Å². The number of nitriles is 2. The summed E-state index contributed by atoms with van der Waals surface area (Å²) in [7, 11) is 0. The highest BCUT2D eigenvalue weighted by atomic mass is 15.1. The molecular weight excluding hydrogens is 190 g/mol. The molecule has 1 unspecified atom stereocenters. The molecule has 0 aliphatic carbocycles. The van der Waals surface area contributed by atoms with E-state index in [2.05, 4.69) is 16.4 Å². The zero-order valence-electron chi connectivity index (χ0n) is 8.86. The lowest BCUT2D eigenvalue weighted by atomic mass is 10.1. The van der Waals surface area contributed by atoms with Gasteiger partial charge in [0.2, 0.25) is 5.82 Å². The lowest BCUT2D eigenvalue weighted by molar-refractivity contribution is 0.395. The molecule has 5 heteroatoms. The van der Waals surface area contributed by atoms with Crippen LogP contribution in [0.2, 0.25) is 0 Å². The fraction of sp³-hybridized carbons (Fsp3) is 0.500. The summed E-state index contributed by atoms with van der Waals surface area (Å²) in [6.45, 7) is 4.87. The molecule has 0 radical (unpaired) electrons. The lowest BCUT2D eigenvalue weighted by Crippen LogP contribution is -2.44. The fourth-order valence-corrected chi connectivity index (χ4v) is 1.41. The van der Waals surface area contributed by atoms with Crippen LogP contribution in [-0.2, 0) is 6.54 Å². The Bertz CT molecular complexity index is 408. The summed E-state index contributed by atoms with van der Waals surface area (Å²) >= 11 is 0. The first-order valence-corrected chi connectivity index (χ1v) is 4.72. The third-order valence-electron chi connectivity index (χ3n) is 2.12. The van der Waals surface area contributed by atoms with E-state index in [1.807, 2.05) is 13.0 Å². The molecule has 1 rings (SSSR count). The van der Waals surface area contributed by atoms with Crippen molar-refractivity contribution in [1.29, 1.82) is 10.5 Å². The van der Waals surface area contributed by atoms with Crippen molar-refractivity contribution in [3.63, 3.8) is 0 Å². The third-order valence-corrected chi connectivity index (χ3v) is 2.12. The second-order valence-corrected chi connectivity index (χ2v) is 3.46. The number of hydrogen-bond acceptors (Lipinski definition) is 4. The predicted octanol–water partition coefficient (Wildman–Crippen LogP) is 0.647. The third kappa shape index (κ3) is 2.55. The predicted molar refractivity (Wildman–Crippen MR) is 54.6 cm³/mol. The Morgan fingerprint density at radius 1 is 1.60 bits per heavy atom. The number of hydrogen-bond donors (Lipinski definition) is 1. The summed E-state index contributed by atoms with van der Waals surface area (Å²) in [5.41, 5.74) is -0.666. The van der Waals surface area contributed by atoms with E-state index in [1.54, 1.807) is 23.9 Å². The molecule has 0 amide bonds. The van der Waals surface area contributed by atoms with E-state index < -0.39 is 5.54 Å². The first-order valence-electron chi connectivity index (χ1n) is 4.72. The van der Waals surface area contributed by atoms with Crippen molar-refractivity contribution < 1.29 is 0 Å². The van der Waals surface area contributed by atoms with Gasteiger partial charge in [-0.05, 0) is 13.5 Å².